The molecule has 0 saturated heterocycles. The second-order valence-electron chi connectivity index (χ2n) is 5.36. The molecule has 0 radical (unpaired) electrons. The number of imide groups is 1. The lowest BCUT2D eigenvalue weighted by molar-refractivity contribution is 0.0926. The molecular weight excluding hydrogens is 316 g/mol. The lowest BCUT2D eigenvalue weighted by Gasteiger charge is -2.16. The third kappa shape index (κ3) is 2.70. The number of rotatable bonds is 3. The Morgan fingerprint density at radius 3 is 2.00 bits per heavy atom. The summed E-state index contributed by atoms with van der Waals surface area (Å²) in [5.41, 5.74) is 2.17. The summed E-state index contributed by atoms with van der Waals surface area (Å²) in [6.07, 6.45) is 1.06. The fourth-order valence-electron chi connectivity index (χ4n) is 2.52. The van der Waals surface area contributed by atoms with Gasteiger partial charge in [-0.1, -0.05) is 12.1 Å². The van der Waals surface area contributed by atoms with Crippen molar-refractivity contribution < 1.29 is 18.0 Å². The SMILES string of the molecule is Cc1cc(N2C(=O)c3ccccc3C2=O)ccc1NS(C)(=O)=O. The lowest BCUT2D eigenvalue weighted by Crippen LogP contribution is -2.29. The molecule has 0 aromatic heterocycles. The largest absolute Gasteiger partial charge is 0.284 e. The number of anilines is 2. The highest BCUT2D eigenvalue weighted by Crippen LogP contribution is 2.30. The van der Waals surface area contributed by atoms with E-state index in [-0.39, 0.29) is 11.8 Å². The summed E-state index contributed by atoms with van der Waals surface area (Å²) < 4.78 is 25.0. The van der Waals surface area contributed by atoms with Gasteiger partial charge in [0.1, 0.15) is 0 Å². The van der Waals surface area contributed by atoms with Crippen LogP contribution in [0.25, 0.3) is 0 Å². The maximum absolute atomic E-state index is 12.4. The number of aryl methyl sites for hydroxylation is 1. The zero-order chi connectivity index (χ0) is 16.8. The first kappa shape index (κ1) is 15.2. The monoisotopic (exact) mass is 330 g/mol. The minimum absolute atomic E-state index is 0.369. The van der Waals surface area contributed by atoms with Crippen molar-refractivity contribution >= 4 is 33.2 Å². The van der Waals surface area contributed by atoms with Crippen LogP contribution in [0.1, 0.15) is 26.3 Å². The topological polar surface area (TPSA) is 83.6 Å². The molecule has 0 aliphatic carbocycles. The third-order valence-corrected chi connectivity index (χ3v) is 4.15. The smallest absolute Gasteiger partial charge is 0.266 e. The predicted molar refractivity (Wildman–Crippen MR) is 87.2 cm³/mol. The van der Waals surface area contributed by atoms with Crippen LogP contribution in [0.5, 0.6) is 0 Å². The van der Waals surface area contributed by atoms with Gasteiger partial charge in [0.05, 0.1) is 28.8 Å². The average Bonchev–Trinajstić information content (AvgIpc) is 2.73. The van der Waals surface area contributed by atoms with Crippen LogP contribution in [-0.2, 0) is 10.0 Å². The first-order valence-electron chi connectivity index (χ1n) is 6.84. The van der Waals surface area contributed by atoms with E-state index >= 15 is 0 Å². The van der Waals surface area contributed by atoms with Crippen molar-refractivity contribution in [3.05, 3.63) is 59.2 Å². The van der Waals surface area contributed by atoms with Crippen LogP contribution in [0.3, 0.4) is 0 Å². The summed E-state index contributed by atoms with van der Waals surface area (Å²) in [6.45, 7) is 1.70. The van der Waals surface area contributed by atoms with Crippen molar-refractivity contribution in [2.45, 2.75) is 6.92 Å². The van der Waals surface area contributed by atoms with Crippen molar-refractivity contribution in [1.29, 1.82) is 0 Å². The molecular formula is C16H14N2O4S. The number of benzene rings is 2. The summed E-state index contributed by atoms with van der Waals surface area (Å²) in [5.74, 6) is -0.761. The van der Waals surface area contributed by atoms with Crippen molar-refractivity contribution in [2.24, 2.45) is 0 Å². The van der Waals surface area contributed by atoms with Gasteiger partial charge in [-0.25, -0.2) is 13.3 Å². The lowest BCUT2D eigenvalue weighted by atomic mass is 10.1. The summed E-state index contributed by atoms with van der Waals surface area (Å²) in [5, 5.41) is 0. The maximum Gasteiger partial charge on any atom is 0.266 e. The standard InChI is InChI=1S/C16H14N2O4S/c1-10-9-11(7-8-14(10)17-23(2,21)22)18-15(19)12-5-3-4-6-13(12)16(18)20/h3-9,17H,1-2H3. The number of fused-ring (bicyclic) bond motifs is 1. The highest BCUT2D eigenvalue weighted by Gasteiger charge is 2.36. The maximum atomic E-state index is 12.4. The van der Waals surface area contributed by atoms with Gasteiger partial charge >= 0.3 is 0 Å². The van der Waals surface area contributed by atoms with Crippen LogP contribution >= 0.6 is 0 Å². The first-order chi connectivity index (χ1) is 10.8. The zero-order valence-corrected chi connectivity index (χ0v) is 13.3. The molecule has 0 bridgehead atoms. The molecule has 23 heavy (non-hydrogen) atoms. The summed E-state index contributed by atoms with van der Waals surface area (Å²) in [6, 6.07) is 11.3. The minimum atomic E-state index is -3.39. The molecule has 0 saturated carbocycles. The van der Waals surface area contributed by atoms with Crippen LogP contribution in [-0.4, -0.2) is 26.5 Å². The third-order valence-electron chi connectivity index (χ3n) is 3.56. The number of sulfonamides is 1. The fourth-order valence-corrected chi connectivity index (χ4v) is 3.15. The van der Waals surface area contributed by atoms with Crippen LogP contribution in [0.2, 0.25) is 0 Å². The van der Waals surface area contributed by atoms with Gasteiger partial charge < -0.3 is 0 Å². The van der Waals surface area contributed by atoms with Crippen molar-refractivity contribution in [3.8, 4) is 0 Å². The summed E-state index contributed by atoms with van der Waals surface area (Å²) in [4.78, 5) is 26.0. The van der Waals surface area contributed by atoms with Gasteiger partial charge in [0, 0.05) is 0 Å². The van der Waals surface area contributed by atoms with E-state index in [1.807, 2.05) is 0 Å². The molecule has 7 heteroatoms. The van der Waals surface area contributed by atoms with E-state index in [9.17, 15) is 18.0 Å². The second-order valence-corrected chi connectivity index (χ2v) is 7.11. The van der Waals surface area contributed by atoms with Crippen LogP contribution in [0, 0.1) is 6.92 Å². The Morgan fingerprint density at radius 2 is 1.52 bits per heavy atom. The van der Waals surface area contributed by atoms with E-state index in [4.69, 9.17) is 0 Å². The van der Waals surface area contributed by atoms with Crippen LogP contribution < -0.4 is 9.62 Å². The van der Waals surface area contributed by atoms with E-state index in [1.54, 1.807) is 43.3 Å². The molecule has 1 heterocycles. The predicted octanol–water partition coefficient (Wildman–Crippen LogP) is 2.17. The van der Waals surface area contributed by atoms with Gasteiger partial charge in [-0.2, -0.15) is 0 Å². The summed E-state index contributed by atoms with van der Waals surface area (Å²) >= 11 is 0. The molecule has 3 rings (SSSR count). The van der Waals surface area contributed by atoms with Gasteiger partial charge in [-0.05, 0) is 42.8 Å². The Hall–Kier alpha value is -2.67. The van der Waals surface area contributed by atoms with Crippen molar-refractivity contribution in [1.82, 2.24) is 0 Å². The van der Waals surface area contributed by atoms with Crippen LogP contribution in [0.15, 0.2) is 42.5 Å². The van der Waals surface area contributed by atoms with E-state index in [1.165, 1.54) is 6.07 Å². The first-order valence-corrected chi connectivity index (χ1v) is 8.73. The number of carbonyl (C=O) groups is 2. The molecule has 0 fully saturated rings. The number of hydrogen-bond acceptors (Lipinski definition) is 4. The van der Waals surface area contributed by atoms with Crippen molar-refractivity contribution in [3.63, 3.8) is 0 Å². The molecule has 0 unspecified atom stereocenters. The molecule has 2 aromatic rings. The number of carbonyl (C=O) groups excluding carboxylic acids is 2. The second kappa shape index (κ2) is 5.20. The fraction of sp³-hybridized carbons (Fsp3) is 0.125. The normalized spacial score (nSPS) is 14.1. The van der Waals surface area contributed by atoms with Crippen molar-refractivity contribution in [2.75, 3.05) is 15.9 Å². The molecule has 6 nitrogen and oxygen atoms in total. The zero-order valence-electron chi connectivity index (χ0n) is 12.5. The average molecular weight is 330 g/mol. The Bertz CT molecular complexity index is 900. The number of nitrogens with zero attached hydrogens (tertiary/aromatic N) is 1. The molecule has 118 valence electrons. The van der Waals surface area contributed by atoms with E-state index in [2.05, 4.69) is 4.72 Å². The Kier molecular flexibility index (Phi) is 3.45. The minimum Gasteiger partial charge on any atom is -0.284 e. The number of hydrogen-bond donors (Lipinski definition) is 1. The van der Waals surface area contributed by atoms with Gasteiger partial charge in [-0.15, -0.1) is 0 Å². The molecule has 1 N–H and O–H groups in total. The van der Waals surface area contributed by atoms with E-state index < -0.39 is 10.0 Å². The van der Waals surface area contributed by atoms with Gasteiger partial charge in [-0.3, -0.25) is 14.3 Å². The number of nitrogens with one attached hydrogen (secondary N) is 1. The Labute approximate surface area is 133 Å². The highest BCUT2D eigenvalue weighted by molar-refractivity contribution is 7.92. The van der Waals surface area contributed by atoms with Gasteiger partial charge in [0.2, 0.25) is 10.0 Å². The quantitative estimate of drug-likeness (QED) is 0.874. The van der Waals surface area contributed by atoms with Crippen LogP contribution in [0.4, 0.5) is 11.4 Å². The number of amides is 2. The van der Waals surface area contributed by atoms with E-state index in [0.29, 0.717) is 28.1 Å². The van der Waals surface area contributed by atoms with E-state index in [0.717, 1.165) is 11.2 Å². The highest BCUT2D eigenvalue weighted by atomic mass is 32.2. The molecule has 0 atom stereocenters. The molecule has 1 aliphatic heterocycles. The molecule has 0 spiro atoms. The van der Waals surface area contributed by atoms with Gasteiger partial charge in [0.15, 0.2) is 0 Å². The molecule has 2 aromatic carbocycles. The summed E-state index contributed by atoms with van der Waals surface area (Å²) in [7, 11) is -3.39. The molecule has 1 aliphatic rings. The molecule has 2 amide bonds. The Balaban J connectivity index is 2.00. The Morgan fingerprint density at radius 1 is 0.957 bits per heavy atom. The van der Waals surface area contributed by atoms with Gasteiger partial charge in [0.25, 0.3) is 11.8 Å².